The molecule has 182 valence electrons. The normalized spacial score (nSPS) is 14.6. The summed E-state index contributed by atoms with van der Waals surface area (Å²) in [7, 11) is 1.87. The molecule has 6 heteroatoms. The first kappa shape index (κ1) is 24.5. The van der Waals surface area contributed by atoms with Crippen molar-refractivity contribution in [2.75, 3.05) is 31.6 Å². The van der Waals surface area contributed by atoms with E-state index in [-0.39, 0.29) is 12.5 Å². The number of para-hydroxylation sites is 2. The van der Waals surface area contributed by atoms with Gasteiger partial charge < -0.3 is 19.6 Å². The van der Waals surface area contributed by atoms with Gasteiger partial charge in [0.2, 0.25) is 5.91 Å². The van der Waals surface area contributed by atoms with Crippen LogP contribution in [-0.2, 0) is 22.4 Å². The average Bonchev–Trinajstić information content (AvgIpc) is 2.91. The van der Waals surface area contributed by atoms with Gasteiger partial charge in [0.1, 0.15) is 18.9 Å². The van der Waals surface area contributed by atoms with Crippen LogP contribution in [0.4, 0.5) is 11.4 Å². The van der Waals surface area contributed by atoms with E-state index in [9.17, 15) is 9.59 Å². The minimum atomic E-state index is -0.638. The van der Waals surface area contributed by atoms with Crippen LogP contribution < -0.4 is 9.64 Å². The first-order chi connectivity index (χ1) is 17.0. The van der Waals surface area contributed by atoms with Crippen molar-refractivity contribution < 1.29 is 19.4 Å². The molecule has 3 aromatic rings. The van der Waals surface area contributed by atoms with E-state index in [0.717, 1.165) is 42.6 Å². The first-order valence-electron chi connectivity index (χ1n) is 12.1. The number of hydrogen-bond donors (Lipinski definition) is 1. The van der Waals surface area contributed by atoms with Crippen molar-refractivity contribution in [3.8, 4) is 5.75 Å². The van der Waals surface area contributed by atoms with Crippen molar-refractivity contribution in [2.24, 2.45) is 5.92 Å². The summed E-state index contributed by atoms with van der Waals surface area (Å²) in [4.78, 5) is 28.6. The Morgan fingerprint density at radius 1 is 0.943 bits per heavy atom. The van der Waals surface area contributed by atoms with Gasteiger partial charge in [0.15, 0.2) is 0 Å². The zero-order chi connectivity index (χ0) is 24.6. The molecular formula is C29H32N2O4. The molecule has 1 N–H and O–H groups in total. The van der Waals surface area contributed by atoms with Crippen molar-refractivity contribution in [2.45, 2.75) is 25.7 Å². The van der Waals surface area contributed by atoms with E-state index in [1.54, 1.807) is 6.07 Å². The van der Waals surface area contributed by atoms with Gasteiger partial charge in [-0.2, -0.15) is 0 Å². The lowest BCUT2D eigenvalue weighted by molar-refractivity contribution is -0.137. The number of carbonyl (C=O) groups is 2. The number of rotatable bonds is 9. The molecule has 0 aromatic heterocycles. The first-order valence-corrected chi connectivity index (χ1v) is 12.1. The molecule has 35 heavy (non-hydrogen) atoms. The van der Waals surface area contributed by atoms with E-state index in [1.165, 1.54) is 5.56 Å². The summed E-state index contributed by atoms with van der Waals surface area (Å²) >= 11 is 0. The van der Waals surface area contributed by atoms with Gasteiger partial charge in [-0.05, 0) is 73.1 Å². The molecule has 4 rings (SSSR count). The number of hydrogen-bond acceptors (Lipinski definition) is 5. The van der Waals surface area contributed by atoms with E-state index >= 15 is 0 Å². The van der Waals surface area contributed by atoms with Gasteiger partial charge in [-0.3, -0.25) is 4.79 Å². The number of amides is 1. The highest BCUT2D eigenvalue weighted by Gasteiger charge is 2.24. The standard InChI is InChI=1S/C29H32N2O4/c1-30(28(33)20-31(24-10-4-2-5-11-24)25-12-6-3-7-13-25)18-17-22-15-16-26-23(19-22)9-8-14-27(26)35-29(34)21-32/h2-14,22,32H,15-21H2,1H3. The Labute approximate surface area is 206 Å². The number of aliphatic hydroxyl groups excluding tert-OH is 1. The summed E-state index contributed by atoms with van der Waals surface area (Å²) < 4.78 is 5.29. The molecule has 1 atom stereocenters. The molecule has 0 heterocycles. The summed E-state index contributed by atoms with van der Waals surface area (Å²) in [5.74, 6) is 0.447. The molecule has 0 saturated heterocycles. The Balaban J connectivity index is 1.35. The molecule has 0 saturated carbocycles. The van der Waals surface area contributed by atoms with Crippen LogP contribution in [0.1, 0.15) is 24.0 Å². The Hall–Kier alpha value is -3.64. The third-order valence-electron chi connectivity index (χ3n) is 6.62. The maximum absolute atomic E-state index is 13.2. The minimum Gasteiger partial charge on any atom is -0.425 e. The fourth-order valence-corrected chi connectivity index (χ4v) is 4.65. The molecule has 0 spiro atoms. The predicted molar refractivity (Wildman–Crippen MR) is 137 cm³/mol. The second-order valence-corrected chi connectivity index (χ2v) is 9.00. The average molecular weight is 473 g/mol. The number of nitrogens with zero attached hydrogens (tertiary/aromatic N) is 2. The highest BCUT2D eigenvalue weighted by molar-refractivity contribution is 5.84. The maximum Gasteiger partial charge on any atom is 0.337 e. The highest BCUT2D eigenvalue weighted by atomic mass is 16.5. The number of carbonyl (C=O) groups excluding carboxylic acids is 2. The van der Waals surface area contributed by atoms with Crippen LogP contribution in [0.2, 0.25) is 0 Å². The number of esters is 1. The summed E-state index contributed by atoms with van der Waals surface area (Å²) in [6.45, 7) is 0.339. The maximum atomic E-state index is 13.2. The van der Waals surface area contributed by atoms with E-state index < -0.39 is 12.6 Å². The van der Waals surface area contributed by atoms with Crippen LogP contribution in [-0.4, -0.2) is 48.6 Å². The molecule has 6 nitrogen and oxygen atoms in total. The van der Waals surface area contributed by atoms with Gasteiger partial charge in [-0.25, -0.2) is 4.79 Å². The van der Waals surface area contributed by atoms with Crippen molar-refractivity contribution in [3.05, 3.63) is 90.0 Å². The van der Waals surface area contributed by atoms with Gasteiger partial charge in [-0.1, -0.05) is 48.5 Å². The molecule has 1 unspecified atom stereocenters. The number of likely N-dealkylation sites (N-methyl/N-ethyl adjacent to an activating group) is 1. The quantitative estimate of drug-likeness (QED) is 0.370. The summed E-state index contributed by atoms with van der Waals surface area (Å²) in [5.41, 5.74) is 4.21. The zero-order valence-electron chi connectivity index (χ0n) is 20.1. The van der Waals surface area contributed by atoms with Crippen LogP contribution in [0.5, 0.6) is 5.75 Å². The van der Waals surface area contributed by atoms with Crippen molar-refractivity contribution in [3.63, 3.8) is 0 Å². The number of anilines is 2. The van der Waals surface area contributed by atoms with Crippen molar-refractivity contribution in [1.29, 1.82) is 0 Å². The lowest BCUT2D eigenvalue weighted by atomic mass is 9.82. The summed E-state index contributed by atoms with van der Waals surface area (Å²) in [5, 5.41) is 8.98. The van der Waals surface area contributed by atoms with Crippen LogP contribution in [0.3, 0.4) is 0 Å². The van der Waals surface area contributed by atoms with Crippen molar-refractivity contribution in [1.82, 2.24) is 4.90 Å². The summed E-state index contributed by atoms with van der Waals surface area (Å²) in [6, 6.07) is 25.7. The van der Waals surface area contributed by atoms with Crippen molar-refractivity contribution >= 4 is 23.3 Å². The molecule has 1 aliphatic carbocycles. The van der Waals surface area contributed by atoms with Gasteiger partial charge in [0, 0.05) is 25.0 Å². The third kappa shape index (κ3) is 6.28. The Morgan fingerprint density at radius 2 is 1.60 bits per heavy atom. The molecule has 0 bridgehead atoms. The van der Waals surface area contributed by atoms with Gasteiger partial charge in [-0.15, -0.1) is 0 Å². The van der Waals surface area contributed by atoms with Gasteiger partial charge in [0.05, 0.1) is 0 Å². The predicted octanol–water partition coefficient (Wildman–Crippen LogP) is 4.38. The second kappa shape index (κ2) is 11.7. The lowest BCUT2D eigenvalue weighted by Gasteiger charge is -2.29. The summed E-state index contributed by atoms with van der Waals surface area (Å²) in [6.07, 6.45) is 3.60. The fourth-order valence-electron chi connectivity index (χ4n) is 4.65. The van der Waals surface area contributed by atoms with E-state index in [1.807, 2.05) is 83.6 Å². The molecule has 1 aliphatic rings. The van der Waals surface area contributed by atoms with E-state index in [0.29, 0.717) is 18.2 Å². The number of ether oxygens (including phenoxy) is 1. The highest BCUT2D eigenvalue weighted by Crippen LogP contribution is 2.33. The second-order valence-electron chi connectivity index (χ2n) is 9.00. The fraction of sp³-hybridized carbons (Fsp3) is 0.310. The molecule has 0 radical (unpaired) electrons. The Bertz CT molecular complexity index is 1090. The van der Waals surface area contributed by atoms with Crippen LogP contribution >= 0.6 is 0 Å². The molecule has 3 aromatic carbocycles. The lowest BCUT2D eigenvalue weighted by Crippen LogP contribution is -2.37. The van der Waals surface area contributed by atoms with Crippen LogP contribution in [0.25, 0.3) is 0 Å². The molecule has 0 aliphatic heterocycles. The van der Waals surface area contributed by atoms with Gasteiger partial charge in [0.25, 0.3) is 0 Å². The molecular weight excluding hydrogens is 440 g/mol. The molecule has 0 fully saturated rings. The van der Waals surface area contributed by atoms with E-state index in [4.69, 9.17) is 9.84 Å². The topological polar surface area (TPSA) is 70.1 Å². The largest absolute Gasteiger partial charge is 0.425 e. The molecule has 1 amide bonds. The minimum absolute atomic E-state index is 0.0760. The zero-order valence-corrected chi connectivity index (χ0v) is 20.1. The Morgan fingerprint density at radius 3 is 2.23 bits per heavy atom. The monoisotopic (exact) mass is 472 g/mol. The van der Waals surface area contributed by atoms with Crippen LogP contribution in [0.15, 0.2) is 78.9 Å². The number of fused-ring (bicyclic) bond motifs is 1. The number of aliphatic hydroxyl groups is 1. The third-order valence-corrected chi connectivity index (χ3v) is 6.62. The number of benzene rings is 3. The van der Waals surface area contributed by atoms with Gasteiger partial charge >= 0.3 is 5.97 Å². The smallest absolute Gasteiger partial charge is 0.337 e. The van der Waals surface area contributed by atoms with E-state index in [2.05, 4.69) is 6.07 Å². The SMILES string of the molecule is CN(CCC1CCc2c(cccc2OC(=O)CO)C1)C(=O)CN(c1ccccc1)c1ccccc1. The van der Waals surface area contributed by atoms with Crippen LogP contribution in [0, 0.1) is 5.92 Å². The Kier molecular flexibility index (Phi) is 8.16.